The Morgan fingerprint density at radius 1 is 1.38 bits per heavy atom. The molecule has 0 nitrogen and oxygen atoms in total. The Bertz CT molecular complexity index is 168. The summed E-state index contributed by atoms with van der Waals surface area (Å²) >= 11 is 7.66. The molecule has 0 radical (unpaired) electrons. The van der Waals surface area contributed by atoms with Crippen molar-refractivity contribution in [1.82, 2.24) is 0 Å². The van der Waals surface area contributed by atoms with Crippen molar-refractivity contribution in [1.29, 1.82) is 0 Å². The molecule has 36 valence electrons. The molecule has 0 aliphatic rings. The van der Waals surface area contributed by atoms with E-state index in [0.29, 0.717) is 0 Å². The summed E-state index contributed by atoms with van der Waals surface area (Å²) in [6, 6.07) is 7.76. The van der Waals surface area contributed by atoms with Crippen LogP contribution in [0.25, 0.3) is 0 Å². The van der Waals surface area contributed by atoms with Crippen molar-refractivity contribution in [3.05, 3.63) is 29.3 Å². The van der Waals surface area contributed by atoms with E-state index in [2.05, 4.69) is 0 Å². The fraction of sp³-hybridized carbons (Fsp3) is 0. The maximum atomic E-state index is 5.64. The third-order valence-electron chi connectivity index (χ3n) is 0.980. The average molecular weight is 118 g/mol. The van der Waals surface area contributed by atoms with Crippen molar-refractivity contribution in [3.63, 3.8) is 0 Å². The first-order valence-electron chi connectivity index (χ1n) is 2.51. The summed E-state index contributed by atoms with van der Waals surface area (Å²) in [4.78, 5) is 0. The summed E-state index contributed by atoms with van der Waals surface area (Å²) in [5.74, 6) is 0. The molecule has 0 amide bonds. The average Bonchev–Trinajstić information content (AvgIpc) is 1.64. The van der Waals surface area contributed by atoms with Crippen LogP contribution in [0.1, 0.15) is 0 Å². The first-order chi connectivity index (χ1) is 3.79. The maximum absolute atomic E-state index is 5.64. The minimum atomic E-state index is 0.810. The van der Waals surface area contributed by atoms with E-state index in [1.807, 2.05) is 42.0 Å². The van der Waals surface area contributed by atoms with Crippen LogP contribution < -0.4 is 4.24 Å². The Kier molecular flexibility index (Phi) is 2.02. The van der Waals surface area contributed by atoms with Gasteiger partial charge in [0.2, 0.25) is 0 Å². The zero-order valence-corrected chi connectivity index (χ0v) is 5.44. The van der Waals surface area contributed by atoms with E-state index < -0.39 is 0 Å². The Hall–Kier alpha value is 0.107. The summed E-state index contributed by atoms with van der Waals surface area (Å²) in [5, 5.41) is 0.810. The topological polar surface area (TPSA) is 0 Å². The molecule has 8 heavy (non-hydrogen) atoms. The van der Waals surface area contributed by atoms with Gasteiger partial charge in [-0.1, -0.05) is 0 Å². The fourth-order valence-corrected chi connectivity index (χ4v) is 0.850. The van der Waals surface area contributed by atoms with Crippen LogP contribution in [0, 0.1) is 0 Å². The first-order valence-corrected chi connectivity index (χ1v) is 2.89. The quantitative estimate of drug-likeness (QED) is 0.448. The molecule has 0 heterocycles. The molecule has 2 heteroatoms. The van der Waals surface area contributed by atoms with Gasteiger partial charge in [0, 0.05) is 0 Å². The van der Waals surface area contributed by atoms with Crippen LogP contribution in [-0.2, 0) is 0 Å². The second-order valence-corrected chi connectivity index (χ2v) is 2.24. The molecule has 0 unspecified atom stereocenters. The molecule has 0 N–H and O–H groups in total. The summed E-state index contributed by atoms with van der Waals surface area (Å²) in [7, 11) is 0. The molecular formula is C6H4ClLi. The van der Waals surface area contributed by atoms with Crippen LogP contribution in [-0.4, -0.2) is 17.7 Å². The molecule has 0 bridgehead atoms. The number of rotatable bonds is 0. The van der Waals surface area contributed by atoms with E-state index in [9.17, 15) is 0 Å². The molecule has 0 atom stereocenters. The summed E-state index contributed by atoms with van der Waals surface area (Å²) < 4.78 is 1.21. The van der Waals surface area contributed by atoms with E-state index in [4.69, 9.17) is 11.6 Å². The van der Waals surface area contributed by atoms with Gasteiger partial charge in [0.05, 0.1) is 0 Å². The van der Waals surface area contributed by atoms with Crippen LogP contribution >= 0.6 is 11.6 Å². The van der Waals surface area contributed by atoms with Crippen molar-refractivity contribution in [2.75, 3.05) is 0 Å². The van der Waals surface area contributed by atoms with Gasteiger partial charge in [-0.15, -0.1) is 0 Å². The molecule has 0 fully saturated rings. The predicted octanol–water partition coefficient (Wildman–Crippen LogP) is 1.13. The standard InChI is InChI=1S/C6H4Cl.Li/c7-6-4-2-1-3-5-6;/h1-2,4-5H;. The number of hydrogen-bond donors (Lipinski definition) is 0. The van der Waals surface area contributed by atoms with Crippen molar-refractivity contribution in [2.24, 2.45) is 0 Å². The van der Waals surface area contributed by atoms with Crippen molar-refractivity contribution in [2.45, 2.75) is 0 Å². The van der Waals surface area contributed by atoms with Gasteiger partial charge in [0.25, 0.3) is 0 Å². The van der Waals surface area contributed by atoms with Gasteiger partial charge in [0.15, 0.2) is 0 Å². The van der Waals surface area contributed by atoms with Crippen LogP contribution in [0.15, 0.2) is 24.3 Å². The van der Waals surface area contributed by atoms with Crippen LogP contribution in [0.4, 0.5) is 0 Å². The van der Waals surface area contributed by atoms with Gasteiger partial charge in [-0.25, -0.2) is 0 Å². The molecule has 1 rings (SSSR count). The fourth-order valence-electron chi connectivity index (χ4n) is 0.606. The second-order valence-electron chi connectivity index (χ2n) is 1.80. The SMILES string of the molecule is [Li][c]1cccc(Cl)c1. The molecule has 1 aromatic carbocycles. The summed E-state index contributed by atoms with van der Waals surface area (Å²) in [6.45, 7) is 0. The Morgan fingerprint density at radius 3 is 2.50 bits per heavy atom. The molecule has 1 aromatic rings. The molecule has 0 spiro atoms. The van der Waals surface area contributed by atoms with Gasteiger partial charge < -0.3 is 0 Å². The van der Waals surface area contributed by atoms with E-state index >= 15 is 0 Å². The third kappa shape index (κ3) is 1.56. The molecular weight excluding hydrogens is 114 g/mol. The second kappa shape index (κ2) is 2.60. The Labute approximate surface area is 63.1 Å². The van der Waals surface area contributed by atoms with E-state index in [1.165, 1.54) is 4.24 Å². The van der Waals surface area contributed by atoms with E-state index in [1.54, 1.807) is 0 Å². The van der Waals surface area contributed by atoms with Crippen LogP contribution in [0.3, 0.4) is 0 Å². The van der Waals surface area contributed by atoms with Gasteiger partial charge in [-0.3, -0.25) is 0 Å². The Balaban J connectivity index is 3.08. The van der Waals surface area contributed by atoms with Gasteiger partial charge in [0.1, 0.15) is 0 Å². The molecule has 0 aliphatic carbocycles. The monoisotopic (exact) mass is 118 g/mol. The molecule has 0 aromatic heterocycles. The number of hydrogen-bond acceptors (Lipinski definition) is 0. The minimum absolute atomic E-state index is 0.810. The van der Waals surface area contributed by atoms with Crippen molar-refractivity contribution >= 4 is 33.6 Å². The van der Waals surface area contributed by atoms with E-state index in [-0.39, 0.29) is 0 Å². The zero-order valence-electron chi connectivity index (χ0n) is 4.69. The number of halogens is 1. The Morgan fingerprint density at radius 2 is 2.12 bits per heavy atom. The van der Waals surface area contributed by atoms with Gasteiger partial charge >= 0.3 is 62.8 Å². The van der Waals surface area contributed by atoms with Crippen molar-refractivity contribution in [3.8, 4) is 0 Å². The van der Waals surface area contributed by atoms with E-state index in [0.717, 1.165) is 5.02 Å². The zero-order chi connectivity index (χ0) is 5.98. The van der Waals surface area contributed by atoms with Gasteiger partial charge in [-0.2, -0.15) is 0 Å². The van der Waals surface area contributed by atoms with Gasteiger partial charge in [-0.05, 0) is 0 Å². The van der Waals surface area contributed by atoms with Crippen LogP contribution in [0.2, 0.25) is 5.02 Å². The molecule has 0 saturated heterocycles. The molecule has 0 saturated carbocycles. The third-order valence-corrected chi connectivity index (χ3v) is 1.22. The molecule has 0 aliphatic heterocycles. The first kappa shape index (κ1) is 6.23. The van der Waals surface area contributed by atoms with Crippen molar-refractivity contribution < 1.29 is 0 Å². The normalized spacial score (nSPS) is 9.38. The number of benzene rings is 1. The summed E-state index contributed by atoms with van der Waals surface area (Å²) in [6.07, 6.45) is 0. The predicted molar refractivity (Wildman–Crippen MR) is 36.8 cm³/mol. The summed E-state index contributed by atoms with van der Waals surface area (Å²) in [5.41, 5.74) is 0. The van der Waals surface area contributed by atoms with Crippen LogP contribution in [0.5, 0.6) is 0 Å².